The number of hydrogen-bond donors (Lipinski definition) is 3. The number of benzene rings is 3. The SMILES string of the molecule is Oc1ccccc1C1C=C(c2ccc3c(c2)OCO3)NC(c2ccc(Cl)cc2)N1. The molecular formula is C23H19ClN2O3. The van der Waals surface area contributed by atoms with Gasteiger partial charge in [-0.15, -0.1) is 0 Å². The number of halogens is 1. The zero-order valence-corrected chi connectivity index (χ0v) is 16.2. The van der Waals surface area contributed by atoms with Gasteiger partial charge in [-0.05, 0) is 48.0 Å². The van der Waals surface area contributed by atoms with Gasteiger partial charge in [0.05, 0.1) is 6.04 Å². The zero-order chi connectivity index (χ0) is 19.8. The molecule has 0 amide bonds. The minimum absolute atomic E-state index is 0.165. The first-order chi connectivity index (χ1) is 14.2. The topological polar surface area (TPSA) is 62.8 Å². The number of nitrogens with one attached hydrogen (secondary N) is 2. The lowest BCUT2D eigenvalue weighted by atomic mass is 9.97. The van der Waals surface area contributed by atoms with Crippen LogP contribution in [0.4, 0.5) is 0 Å². The number of aromatic hydroxyl groups is 1. The van der Waals surface area contributed by atoms with Gasteiger partial charge in [0.25, 0.3) is 0 Å². The normalized spacial score (nSPS) is 20.1. The molecule has 0 fully saturated rings. The van der Waals surface area contributed by atoms with Crippen LogP contribution in [-0.2, 0) is 0 Å². The van der Waals surface area contributed by atoms with Crippen molar-refractivity contribution >= 4 is 17.3 Å². The van der Waals surface area contributed by atoms with E-state index in [-0.39, 0.29) is 24.8 Å². The second-order valence-electron chi connectivity index (χ2n) is 6.98. The van der Waals surface area contributed by atoms with E-state index in [1.165, 1.54) is 0 Å². The van der Waals surface area contributed by atoms with Crippen LogP contribution in [0.25, 0.3) is 5.70 Å². The monoisotopic (exact) mass is 406 g/mol. The van der Waals surface area contributed by atoms with Crippen LogP contribution in [0.2, 0.25) is 5.02 Å². The molecule has 0 saturated heterocycles. The molecule has 146 valence electrons. The summed E-state index contributed by atoms with van der Waals surface area (Å²) in [6, 6.07) is 20.8. The molecule has 2 unspecified atom stereocenters. The number of rotatable bonds is 3. The van der Waals surface area contributed by atoms with Crippen LogP contribution in [0.3, 0.4) is 0 Å². The van der Waals surface area contributed by atoms with E-state index in [2.05, 4.69) is 16.7 Å². The van der Waals surface area contributed by atoms with Gasteiger partial charge in [0, 0.05) is 21.8 Å². The fourth-order valence-electron chi connectivity index (χ4n) is 3.65. The number of ether oxygens (including phenoxy) is 2. The van der Waals surface area contributed by atoms with Gasteiger partial charge >= 0.3 is 0 Å². The summed E-state index contributed by atoms with van der Waals surface area (Å²) in [6.45, 7) is 0.237. The van der Waals surface area contributed by atoms with Crippen molar-refractivity contribution in [1.82, 2.24) is 10.6 Å². The summed E-state index contributed by atoms with van der Waals surface area (Å²) in [5.41, 5.74) is 3.78. The molecule has 0 saturated carbocycles. The number of phenols is 1. The number of hydrogen-bond acceptors (Lipinski definition) is 5. The minimum atomic E-state index is -0.182. The number of fused-ring (bicyclic) bond motifs is 1. The molecule has 2 aliphatic rings. The first kappa shape index (κ1) is 17.9. The predicted octanol–water partition coefficient (Wildman–Crippen LogP) is 4.75. The average Bonchev–Trinajstić information content (AvgIpc) is 3.22. The summed E-state index contributed by atoms with van der Waals surface area (Å²) in [5, 5.41) is 18.2. The van der Waals surface area contributed by atoms with Gasteiger partial charge in [0.1, 0.15) is 11.9 Å². The standard InChI is InChI=1S/C23H19ClN2O3/c24-16-8-5-14(6-9-16)23-25-18(15-7-10-21-22(11-15)29-13-28-21)12-19(26-23)17-3-1-2-4-20(17)27/h1-12,19,23,25-27H,13H2. The van der Waals surface area contributed by atoms with Crippen LogP contribution in [0.1, 0.15) is 28.9 Å². The van der Waals surface area contributed by atoms with E-state index in [0.29, 0.717) is 5.02 Å². The lowest BCUT2D eigenvalue weighted by Crippen LogP contribution is -2.39. The Morgan fingerprint density at radius 3 is 2.55 bits per heavy atom. The van der Waals surface area contributed by atoms with Crippen molar-refractivity contribution in [2.24, 2.45) is 0 Å². The highest BCUT2D eigenvalue weighted by Gasteiger charge is 2.26. The van der Waals surface area contributed by atoms with E-state index in [0.717, 1.165) is 33.9 Å². The third-order valence-electron chi connectivity index (χ3n) is 5.14. The Hall–Kier alpha value is -3.15. The summed E-state index contributed by atoms with van der Waals surface area (Å²) < 4.78 is 11.0. The Morgan fingerprint density at radius 1 is 0.931 bits per heavy atom. The third kappa shape index (κ3) is 3.50. The van der Waals surface area contributed by atoms with Gasteiger partial charge in [-0.2, -0.15) is 0 Å². The Kier molecular flexibility index (Phi) is 4.54. The summed E-state index contributed by atoms with van der Waals surface area (Å²) in [7, 11) is 0. The van der Waals surface area contributed by atoms with Crippen molar-refractivity contribution in [3.63, 3.8) is 0 Å². The van der Waals surface area contributed by atoms with Crippen LogP contribution < -0.4 is 20.1 Å². The molecule has 2 aliphatic heterocycles. The summed E-state index contributed by atoms with van der Waals surface area (Å²) in [4.78, 5) is 0. The molecule has 3 N–H and O–H groups in total. The molecule has 2 heterocycles. The van der Waals surface area contributed by atoms with Crippen molar-refractivity contribution in [1.29, 1.82) is 0 Å². The van der Waals surface area contributed by atoms with Crippen LogP contribution >= 0.6 is 11.6 Å². The van der Waals surface area contributed by atoms with Crippen molar-refractivity contribution in [3.8, 4) is 17.2 Å². The Balaban J connectivity index is 1.56. The van der Waals surface area contributed by atoms with E-state index in [1.807, 2.05) is 60.7 Å². The average molecular weight is 407 g/mol. The molecule has 5 rings (SSSR count). The first-order valence-electron chi connectivity index (χ1n) is 9.35. The van der Waals surface area contributed by atoms with Gasteiger partial charge < -0.3 is 19.9 Å². The van der Waals surface area contributed by atoms with Gasteiger partial charge in [-0.25, -0.2) is 0 Å². The maximum atomic E-state index is 10.4. The van der Waals surface area contributed by atoms with Crippen LogP contribution in [0.15, 0.2) is 72.8 Å². The Labute approximate surface area is 173 Å². The summed E-state index contributed by atoms with van der Waals surface area (Å²) in [6.07, 6.45) is 1.90. The smallest absolute Gasteiger partial charge is 0.231 e. The lowest BCUT2D eigenvalue weighted by Gasteiger charge is -2.33. The van der Waals surface area contributed by atoms with E-state index >= 15 is 0 Å². The Bertz CT molecular complexity index is 1080. The quantitative estimate of drug-likeness (QED) is 0.586. The molecule has 2 atom stereocenters. The van der Waals surface area contributed by atoms with Crippen molar-refractivity contribution in [2.75, 3.05) is 6.79 Å². The molecule has 0 spiro atoms. The molecule has 0 aromatic heterocycles. The molecule has 3 aromatic carbocycles. The third-order valence-corrected chi connectivity index (χ3v) is 5.39. The molecule has 6 heteroatoms. The second-order valence-corrected chi connectivity index (χ2v) is 7.42. The zero-order valence-electron chi connectivity index (χ0n) is 15.4. The minimum Gasteiger partial charge on any atom is -0.508 e. The summed E-state index contributed by atoms with van der Waals surface area (Å²) >= 11 is 6.06. The number of phenolic OH excluding ortho intramolecular Hbond substituents is 1. The number of para-hydroxylation sites is 1. The molecule has 29 heavy (non-hydrogen) atoms. The lowest BCUT2D eigenvalue weighted by molar-refractivity contribution is 0.174. The van der Waals surface area contributed by atoms with E-state index in [4.69, 9.17) is 21.1 Å². The van der Waals surface area contributed by atoms with Crippen LogP contribution in [0, 0.1) is 0 Å². The summed E-state index contributed by atoms with van der Waals surface area (Å²) in [5.74, 6) is 1.73. The second kappa shape index (κ2) is 7.35. The molecule has 0 bridgehead atoms. The molecule has 0 aliphatic carbocycles. The first-order valence-corrected chi connectivity index (χ1v) is 9.73. The molecule has 0 radical (unpaired) electrons. The van der Waals surface area contributed by atoms with Crippen molar-refractivity contribution in [3.05, 3.63) is 94.5 Å². The van der Waals surface area contributed by atoms with E-state index in [9.17, 15) is 5.11 Å². The van der Waals surface area contributed by atoms with Gasteiger partial charge in [0.2, 0.25) is 6.79 Å². The molecular weight excluding hydrogens is 388 g/mol. The van der Waals surface area contributed by atoms with Crippen LogP contribution in [-0.4, -0.2) is 11.9 Å². The highest BCUT2D eigenvalue weighted by Crippen LogP contribution is 2.37. The fraction of sp³-hybridized carbons (Fsp3) is 0.130. The van der Waals surface area contributed by atoms with E-state index in [1.54, 1.807) is 6.07 Å². The van der Waals surface area contributed by atoms with Crippen molar-refractivity contribution in [2.45, 2.75) is 12.2 Å². The Morgan fingerprint density at radius 2 is 1.72 bits per heavy atom. The highest BCUT2D eigenvalue weighted by atomic mass is 35.5. The van der Waals surface area contributed by atoms with E-state index < -0.39 is 0 Å². The highest BCUT2D eigenvalue weighted by molar-refractivity contribution is 6.30. The van der Waals surface area contributed by atoms with Gasteiger partial charge in [-0.3, -0.25) is 5.32 Å². The van der Waals surface area contributed by atoms with Gasteiger partial charge in [0.15, 0.2) is 11.5 Å². The molecule has 5 nitrogen and oxygen atoms in total. The fourth-order valence-corrected chi connectivity index (χ4v) is 3.77. The largest absolute Gasteiger partial charge is 0.508 e. The maximum absolute atomic E-state index is 10.4. The van der Waals surface area contributed by atoms with Crippen molar-refractivity contribution < 1.29 is 14.6 Å². The van der Waals surface area contributed by atoms with Gasteiger partial charge in [-0.1, -0.05) is 41.9 Å². The maximum Gasteiger partial charge on any atom is 0.231 e. The molecule has 3 aromatic rings. The predicted molar refractivity (Wildman–Crippen MR) is 112 cm³/mol. The van der Waals surface area contributed by atoms with Crippen LogP contribution in [0.5, 0.6) is 17.2 Å².